The zero-order valence-electron chi connectivity index (χ0n) is 18.9. The SMILES string of the molecule is C[SH](C)N(C1=CC=C(c2ccccc2)C2c3ccccc3C(C)(C)C12)C(C)(C)C. The topological polar surface area (TPSA) is 3.24 Å². The van der Waals surface area contributed by atoms with Crippen molar-refractivity contribution in [3.63, 3.8) is 0 Å². The Kier molecular flexibility index (Phi) is 4.98. The monoisotopic (exact) mass is 405 g/mol. The zero-order chi connectivity index (χ0) is 21.0. The fraction of sp³-hybridized carbons (Fsp3) is 0.407. The van der Waals surface area contributed by atoms with Crippen LogP contribution in [-0.4, -0.2) is 22.4 Å². The lowest BCUT2D eigenvalue weighted by molar-refractivity contribution is 0.252. The van der Waals surface area contributed by atoms with Gasteiger partial charge in [0.1, 0.15) is 0 Å². The van der Waals surface area contributed by atoms with Gasteiger partial charge in [-0.25, -0.2) is 0 Å². The van der Waals surface area contributed by atoms with E-state index in [-0.39, 0.29) is 22.0 Å². The molecule has 0 spiro atoms. The van der Waals surface area contributed by atoms with Gasteiger partial charge in [-0.3, -0.25) is 0 Å². The average molecular weight is 406 g/mol. The van der Waals surface area contributed by atoms with E-state index in [1.807, 2.05) is 0 Å². The third-order valence-electron chi connectivity index (χ3n) is 6.58. The number of thiol groups is 1. The van der Waals surface area contributed by atoms with Crippen LogP contribution in [0.25, 0.3) is 5.57 Å². The molecule has 2 aliphatic carbocycles. The van der Waals surface area contributed by atoms with Crippen LogP contribution in [0.2, 0.25) is 0 Å². The van der Waals surface area contributed by atoms with Crippen molar-refractivity contribution in [1.29, 1.82) is 0 Å². The molecule has 0 aliphatic heterocycles. The Morgan fingerprint density at radius 3 is 2.10 bits per heavy atom. The summed E-state index contributed by atoms with van der Waals surface area (Å²) in [6, 6.07) is 20.1. The summed E-state index contributed by atoms with van der Waals surface area (Å²) in [7, 11) is 0. The molecule has 29 heavy (non-hydrogen) atoms. The van der Waals surface area contributed by atoms with Gasteiger partial charge in [-0.1, -0.05) is 74.5 Å². The van der Waals surface area contributed by atoms with E-state index in [0.717, 1.165) is 0 Å². The Labute approximate surface area is 180 Å². The molecule has 0 amide bonds. The third kappa shape index (κ3) is 3.26. The molecule has 2 heteroatoms. The summed E-state index contributed by atoms with van der Waals surface area (Å²) >= 11 is -0.249. The van der Waals surface area contributed by atoms with Crippen molar-refractivity contribution in [2.45, 2.75) is 51.5 Å². The second-order valence-corrected chi connectivity index (χ2v) is 12.3. The summed E-state index contributed by atoms with van der Waals surface area (Å²) in [6.45, 7) is 12.0. The molecule has 2 aromatic rings. The van der Waals surface area contributed by atoms with Crippen molar-refractivity contribution in [2.24, 2.45) is 5.92 Å². The van der Waals surface area contributed by atoms with Gasteiger partial charge in [0, 0.05) is 23.1 Å². The van der Waals surface area contributed by atoms with Gasteiger partial charge in [0.2, 0.25) is 0 Å². The predicted molar refractivity (Wildman–Crippen MR) is 131 cm³/mol. The largest absolute Gasteiger partial charge is 0.335 e. The second kappa shape index (κ2) is 7.09. The van der Waals surface area contributed by atoms with E-state index in [1.165, 1.54) is 28.0 Å². The summed E-state index contributed by atoms with van der Waals surface area (Å²) < 4.78 is 2.71. The van der Waals surface area contributed by atoms with Crippen LogP contribution in [0.3, 0.4) is 0 Å². The Morgan fingerprint density at radius 2 is 1.48 bits per heavy atom. The van der Waals surface area contributed by atoms with Crippen LogP contribution in [0.4, 0.5) is 0 Å². The number of benzene rings is 2. The minimum absolute atomic E-state index is 0.0935. The molecule has 0 heterocycles. The zero-order valence-corrected chi connectivity index (χ0v) is 19.8. The van der Waals surface area contributed by atoms with Gasteiger partial charge in [0.05, 0.1) is 0 Å². The molecule has 0 N–H and O–H groups in total. The molecule has 0 aromatic heterocycles. The lowest BCUT2D eigenvalue weighted by Gasteiger charge is -2.50. The molecule has 2 unspecified atom stereocenters. The first-order valence-corrected chi connectivity index (χ1v) is 12.9. The molecule has 2 atom stereocenters. The highest BCUT2D eigenvalue weighted by Gasteiger charge is 2.52. The lowest BCUT2D eigenvalue weighted by Crippen LogP contribution is -2.44. The average Bonchev–Trinajstić information content (AvgIpc) is 2.90. The summed E-state index contributed by atoms with van der Waals surface area (Å²) in [6.07, 6.45) is 9.62. The van der Waals surface area contributed by atoms with Gasteiger partial charge < -0.3 is 4.31 Å². The van der Waals surface area contributed by atoms with Gasteiger partial charge in [-0.15, -0.1) is 0 Å². The van der Waals surface area contributed by atoms with E-state index < -0.39 is 0 Å². The fourth-order valence-corrected chi connectivity index (χ4v) is 7.57. The number of rotatable bonds is 3. The van der Waals surface area contributed by atoms with E-state index in [1.54, 1.807) is 0 Å². The van der Waals surface area contributed by atoms with E-state index in [9.17, 15) is 0 Å². The highest BCUT2D eigenvalue weighted by molar-refractivity contribution is 8.13. The smallest absolute Gasteiger partial charge is 0.0408 e. The number of allylic oxidation sites excluding steroid dienone is 4. The maximum Gasteiger partial charge on any atom is 0.0408 e. The van der Waals surface area contributed by atoms with Gasteiger partial charge in [-0.05, 0) is 67.0 Å². The molecule has 154 valence electrons. The molecule has 0 saturated carbocycles. The highest BCUT2D eigenvalue weighted by atomic mass is 32.2. The summed E-state index contributed by atoms with van der Waals surface area (Å²) in [5.74, 6) is 0.854. The van der Waals surface area contributed by atoms with Gasteiger partial charge >= 0.3 is 0 Å². The molecular formula is C27H35NS. The molecule has 4 rings (SSSR count). The third-order valence-corrected chi connectivity index (χ3v) is 8.21. The van der Waals surface area contributed by atoms with Crippen LogP contribution in [0, 0.1) is 5.92 Å². The van der Waals surface area contributed by atoms with E-state index in [4.69, 9.17) is 0 Å². The van der Waals surface area contributed by atoms with Crippen molar-refractivity contribution in [3.05, 3.63) is 89.1 Å². The summed E-state index contributed by atoms with van der Waals surface area (Å²) in [5, 5.41) is 0. The van der Waals surface area contributed by atoms with Crippen LogP contribution >= 0.6 is 11.1 Å². The van der Waals surface area contributed by atoms with Crippen molar-refractivity contribution >= 4 is 16.7 Å². The summed E-state index contributed by atoms with van der Waals surface area (Å²) in [5.41, 5.74) is 7.54. The van der Waals surface area contributed by atoms with Crippen molar-refractivity contribution in [3.8, 4) is 0 Å². The van der Waals surface area contributed by atoms with Crippen LogP contribution in [-0.2, 0) is 5.41 Å². The number of hydrogen-bond acceptors (Lipinski definition) is 1. The Hall–Kier alpha value is -1.93. The van der Waals surface area contributed by atoms with Crippen LogP contribution < -0.4 is 0 Å². The Morgan fingerprint density at radius 1 is 0.862 bits per heavy atom. The number of hydrogen-bond donors (Lipinski definition) is 1. The van der Waals surface area contributed by atoms with Crippen molar-refractivity contribution < 1.29 is 0 Å². The standard InChI is InChI=1S/C27H35NS/c1-26(2,3)28(29(6)7)23-18-17-20(19-13-9-8-10-14-19)24-21-15-11-12-16-22(21)27(4,5)25(23)24/h8-18,24-25,29H,1-7H3. The summed E-state index contributed by atoms with van der Waals surface area (Å²) in [4.78, 5) is 0. The van der Waals surface area contributed by atoms with Crippen molar-refractivity contribution in [2.75, 3.05) is 12.5 Å². The van der Waals surface area contributed by atoms with Crippen LogP contribution in [0.1, 0.15) is 57.2 Å². The van der Waals surface area contributed by atoms with Gasteiger partial charge in [0.15, 0.2) is 0 Å². The van der Waals surface area contributed by atoms with Gasteiger partial charge in [-0.2, -0.15) is 11.1 Å². The molecule has 2 aliphatic rings. The maximum absolute atomic E-state index is 2.71. The van der Waals surface area contributed by atoms with Gasteiger partial charge in [0.25, 0.3) is 0 Å². The van der Waals surface area contributed by atoms with E-state index in [2.05, 4.69) is 118 Å². The molecule has 2 aromatic carbocycles. The maximum atomic E-state index is 2.71. The normalized spacial score (nSPS) is 22.9. The van der Waals surface area contributed by atoms with Crippen LogP contribution in [0.5, 0.6) is 0 Å². The number of nitrogens with zero attached hydrogens (tertiary/aromatic N) is 1. The molecule has 0 bridgehead atoms. The minimum Gasteiger partial charge on any atom is -0.335 e. The lowest BCUT2D eigenvalue weighted by atomic mass is 9.69. The fourth-order valence-electron chi connectivity index (χ4n) is 5.72. The van der Waals surface area contributed by atoms with E-state index >= 15 is 0 Å². The first-order chi connectivity index (χ1) is 13.6. The van der Waals surface area contributed by atoms with E-state index in [0.29, 0.717) is 11.8 Å². The Balaban J connectivity index is 1.97. The molecular weight excluding hydrogens is 370 g/mol. The predicted octanol–water partition coefficient (Wildman–Crippen LogP) is 6.94. The van der Waals surface area contributed by atoms with Crippen LogP contribution in [0.15, 0.2) is 72.4 Å². The number of fused-ring (bicyclic) bond motifs is 3. The molecule has 0 radical (unpaired) electrons. The first-order valence-electron chi connectivity index (χ1n) is 10.7. The Bertz CT molecular complexity index is 960. The minimum atomic E-state index is -0.249. The first kappa shape index (κ1) is 20.3. The molecule has 1 nitrogen and oxygen atoms in total. The molecule has 0 saturated heterocycles. The second-order valence-electron chi connectivity index (χ2n) is 10.2. The van der Waals surface area contributed by atoms with Crippen molar-refractivity contribution in [1.82, 2.24) is 4.31 Å². The quantitative estimate of drug-likeness (QED) is 0.542. The highest BCUT2D eigenvalue weighted by Crippen LogP contribution is 2.61. The molecule has 0 fully saturated rings.